The molecule has 0 radical (unpaired) electrons. The van der Waals surface area contributed by atoms with Gasteiger partial charge in [-0.2, -0.15) is 0 Å². The van der Waals surface area contributed by atoms with Crippen LogP contribution in [0.4, 0.5) is 0 Å². The number of methoxy groups -OCH3 is 1. The smallest absolute Gasteiger partial charge is 0.167 e. The van der Waals surface area contributed by atoms with E-state index in [1.165, 1.54) is 0 Å². The van der Waals surface area contributed by atoms with Gasteiger partial charge in [0.25, 0.3) is 0 Å². The van der Waals surface area contributed by atoms with Crippen molar-refractivity contribution in [2.45, 2.75) is 18.5 Å². The summed E-state index contributed by atoms with van der Waals surface area (Å²) in [4.78, 5) is 0. The molecule has 27 heavy (non-hydrogen) atoms. The van der Waals surface area contributed by atoms with E-state index in [1.807, 2.05) is 30.3 Å². The summed E-state index contributed by atoms with van der Waals surface area (Å²) in [6.07, 6.45) is 0.699. The lowest BCUT2D eigenvalue weighted by Gasteiger charge is -2.42. The highest BCUT2D eigenvalue weighted by Crippen LogP contribution is 2.28. The summed E-state index contributed by atoms with van der Waals surface area (Å²) < 4.78 is 16.4. The fourth-order valence-electron chi connectivity index (χ4n) is 3.28. The number of para-hydroxylation sites is 1. The predicted octanol–water partition coefficient (Wildman–Crippen LogP) is 3.16. The topological polar surface area (TPSA) is 76.8 Å². The van der Waals surface area contributed by atoms with E-state index in [2.05, 4.69) is 16.5 Å². The Hall–Kier alpha value is -2.83. The Morgan fingerprint density at radius 1 is 1.15 bits per heavy atom. The van der Waals surface area contributed by atoms with E-state index in [4.69, 9.17) is 14.0 Å². The van der Waals surface area contributed by atoms with Crippen LogP contribution in [0.15, 0.2) is 59.1 Å². The normalized spacial score (nSPS) is 15.3. The Balaban J connectivity index is 1.46. The van der Waals surface area contributed by atoms with Crippen LogP contribution in [-0.4, -0.2) is 36.1 Å². The number of benzene rings is 2. The molecule has 140 valence electrons. The molecule has 2 aromatic carbocycles. The molecule has 0 bridgehead atoms. The molecular formula is C21H22N2O4. The summed E-state index contributed by atoms with van der Waals surface area (Å²) in [5.74, 6) is 1.71. The quantitative estimate of drug-likeness (QED) is 0.669. The van der Waals surface area contributed by atoms with Gasteiger partial charge in [0.1, 0.15) is 11.5 Å². The van der Waals surface area contributed by atoms with E-state index < -0.39 is 0 Å². The average molecular weight is 366 g/mol. The van der Waals surface area contributed by atoms with Gasteiger partial charge in [0.15, 0.2) is 5.76 Å². The zero-order valence-electron chi connectivity index (χ0n) is 15.1. The molecular weight excluding hydrogens is 344 g/mol. The number of nitrogens with zero attached hydrogens (tertiary/aromatic N) is 1. The summed E-state index contributed by atoms with van der Waals surface area (Å²) in [5, 5.41) is 17.4. The van der Waals surface area contributed by atoms with Crippen molar-refractivity contribution in [2.24, 2.45) is 0 Å². The number of phenols is 1. The summed E-state index contributed by atoms with van der Waals surface area (Å²) in [6.45, 7) is 1.93. The Morgan fingerprint density at radius 3 is 2.74 bits per heavy atom. The van der Waals surface area contributed by atoms with Crippen LogP contribution in [0.25, 0.3) is 11.3 Å². The highest BCUT2D eigenvalue weighted by Gasteiger charge is 2.39. The minimum Gasteiger partial charge on any atom is -0.508 e. The van der Waals surface area contributed by atoms with Crippen LogP contribution >= 0.6 is 0 Å². The highest BCUT2D eigenvalue weighted by molar-refractivity contribution is 5.59. The van der Waals surface area contributed by atoms with Crippen molar-refractivity contribution < 1.29 is 19.1 Å². The van der Waals surface area contributed by atoms with Gasteiger partial charge in [0.05, 0.1) is 31.6 Å². The summed E-state index contributed by atoms with van der Waals surface area (Å²) >= 11 is 0. The van der Waals surface area contributed by atoms with Gasteiger partial charge in [-0.05, 0) is 18.2 Å². The first-order valence-corrected chi connectivity index (χ1v) is 8.87. The van der Waals surface area contributed by atoms with Gasteiger partial charge in [-0.3, -0.25) is 0 Å². The van der Waals surface area contributed by atoms with E-state index in [0.29, 0.717) is 31.9 Å². The highest BCUT2D eigenvalue weighted by atomic mass is 16.5. The molecule has 6 heteroatoms. The molecule has 2 N–H and O–H groups in total. The van der Waals surface area contributed by atoms with Crippen molar-refractivity contribution in [1.82, 2.24) is 10.5 Å². The maximum absolute atomic E-state index is 9.64. The lowest BCUT2D eigenvalue weighted by molar-refractivity contribution is -0.0756. The number of ether oxygens (including phenoxy) is 2. The largest absolute Gasteiger partial charge is 0.508 e. The zero-order valence-corrected chi connectivity index (χ0v) is 15.1. The summed E-state index contributed by atoms with van der Waals surface area (Å²) in [7, 11) is 1.68. The molecule has 0 spiro atoms. The van der Waals surface area contributed by atoms with E-state index in [9.17, 15) is 5.11 Å². The van der Waals surface area contributed by atoms with Gasteiger partial charge in [-0.15, -0.1) is 0 Å². The van der Waals surface area contributed by atoms with Crippen LogP contribution in [0.1, 0.15) is 11.3 Å². The Morgan fingerprint density at radius 2 is 2.00 bits per heavy atom. The molecule has 0 amide bonds. The van der Waals surface area contributed by atoms with Crippen LogP contribution in [-0.2, 0) is 17.7 Å². The van der Waals surface area contributed by atoms with Crippen molar-refractivity contribution in [3.63, 3.8) is 0 Å². The zero-order chi connectivity index (χ0) is 18.7. The van der Waals surface area contributed by atoms with Crippen LogP contribution in [0.5, 0.6) is 11.5 Å². The van der Waals surface area contributed by atoms with E-state index in [-0.39, 0.29) is 11.3 Å². The Kier molecular flexibility index (Phi) is 4.83. The molecule has 0 unspecified atom stereocenters. The predicted molar refractivity (Wildman–Crippen MR) is 101 cm³/mol. The lowest BCUT2D eigenvalue weighted by Crippen LogP contribution is -2.61. The molecule has 1 saturated heterocycles. The first kappa shape index (κ1) is 17.6. The van der Waals surface area contributed by atoms with Crippen molar-refractivity contribution >= 4 is 0 Å². The van der Waals surface area contributed by atoms with Gasteiger partial charge >= 0.3 is 0 Å². The molecule has 6 nitrogen and oxygen atoms in total. The van der Waals surface area contributed by atoms with Crippen molar-refractivity contribution in [2.75, 3.05) is 20.3 Å². The number of aromatic hydroxyl groups is 1. The van der Waals surface area contributed by atoms with Gasteiger partial charge in [0.2, 0.25) is 0 Å². The molecule has 0 atom stereocenters. The second-order valence-electron chi connectivity index (χ2n) is 6.85. The minimum absolute atomic E-state index is 0.173. The van der Waals surface area contributed by atoms with Crippen LogP contribution in [0.3, 0.4) is 0 Å². The van der Waals surface area contributed by atoms with E-state index in [0.717, 1.165) is 22.6 Å². The van der Waals surface area contributed by atoms with Crippen LogP contribution < -0.4 is 10.1 Å². The van der Waals surface area contributed by atoms with Crippen LogP contribution in [0.2, 0.25) is 0 Å². The molecule has 0 saturated carbocycles. The maximum atomic E-state index is 9.64. The number of hydrogen-bond donors (Lipinski definition) is 2. The lowest BCUT2D eigenvalue weighted by atomic mass is 9.90. The second kappa shape index (κ2) is 7.42. The first-order chi connectivity index (χ1) is 13.2. The average Bonchev–Trinajstić information content (AvgIpc) is 3.12. The summed E-state index contributed by atoms with van der Waals surface area (Å²) in [5.41, 5.74) is 2.58. The molecule has 0 aliphatic carbocycles. The fourth-order valence-corrected chi connectivity index (χ4v) is 3.28. The van der Waals surface area contributed by atoms with Crippen molar-refractivity contribution in [1.29, 1.82) is 0 Å². The molecule has 1 fully saturated rings. The first-order valence-electron chi connectivity index (χ1n) is 8.87. The number of aromatic nitrogens is 1. The third-order valence-corrected chi connectivity index (χ3v) is 4.81. The number of hydrogen-bond acceptors (Lipinski definition) is 6. The van der Waals surface area contributed by atoms with Gasteiger partial charge < -0.3 is 24.4 Å². The molecule has 1 aliphatic rings. The number of nitrogens with one attached hydrogen (secondary N) is 1. The maximum Gasteiger partial charge on any atom is 0.167 e. The van der Waals surface area contributed by atoms with Gasteiger partial charge in [-0.1, -0.05) is 35.5 Å². The molecule has 1 aliphatic heterocycles. The standard InChI is InChI=1S/C21H22N2O4/c1-25-19-8-3-2-5-16(19)12-22-21(13-26-14-21)11-17-10-20(27-23-17)15-6-4-7-18(24)9-15/h2-10,22,24H,11-14H2,1H3. The van der Waals surface area contributed by atoms with Crippen molar-refractivity contribution in [3.8, 4) is 22.8 Å². The van der Waals surface area contributed by atoms with E-state index in [1.54, 1.807) is 25.3 Å². The monoisotopic (exact) mass is 366 g/mol. The van der Waals surface area contributed by atoms with Gasteiger partial charge in [-0.25, -0.2) is 0 Å². The SMILES string of the molecule is COc1ccccc1CNC1(Cc2cc(-c3cccc(O)c3)on2)COC1. The van der Waals surface area contributed by atoms with Crippen LogP contribution in [0, 0.1) is 0 Å². The Labute approximate surface area is 157 Å². The Bertz CT molecular complexity index is 918. The number of phenolic OH excluding ortho intramolecular Hbond substituents is 1. The fraction of sp³-hybridized carbons (Fsp3) is 0.286. The molecule has 4 rings (SSSR count). The molecule has 2 heterocycles. The number of rotatable bonds is 7. The van der Waals surface area contributed by atoms with Crippen molar-refractivity contribution in [3.05, 3.63) is 65.9 Å². The third-order valence-electron chi connectivity index (χ3n) is 4.81. The molecule has 1 aromatic heterocycles. The van der Waals surface area contributed by atoms with Gasteiger partial charge in [0, 0.05) is 30.2 Å². The second-order valence-corrected chi connectivity index (χ2v) is 6.85. The van der Waals surface area contributed by atoms with E-state index >= 15 is 0 Å². The minimum atomic E-state index is -0.173. The summed E-state index contributed by atoms with van der Waals surface area (Å²) in [6, 6.07) is 16.8. The molecule has 3 aromatic rings. The third kappa shape index (κ3) is 3.82.